The van der Waals surface area contributed by atoms with Crippen LogP contribution >= 0.6 is 0 Å². The summed E-state index contributed by atoms with van der Waals surface area (Å²) in [6.07, 6.45) is 0. The van der Waals surface area contributed by atoms with E-state index in [-0.39, 0.29) is 17.2 Å². The number of nitrogens with one attached hydrogen (secondary N) is 2. The van der Waals surface area contributed by atoms with Crippen LogP contribution in [-0.2, 0) is 0 Å². The molecule has 104 valence electrons. The first-order valence-electron chi connectivity index (χ1n) is 6.32. The number of aromatic nitrogens is 1. The van der Waals surface area contributed by atoms with Crippen molar-refractivity contribution in [1.82, 2.24) is 10.3 Å². The SMILES string of the molecule is Cc1cccc(OCCNC(=O)c2cccc(=O)[nH]2)c1. The Balaban J connectivity index is 1.79. The van der Waals surface area contributed by atoms with Crippen molar-refractivity contribution in [2.24, 2.45) is 0 Å². The highest BCUT2D eigenvalue weighted by molar-refractivity contribution is 5.92. The molecule has 2 aromatic rings. The molecule has 0 saturated carbocycles. The standard InChI is InChI=1S/C15H16N2O3/c1-11-4-2-5-12(10-11)20-9-8-16-15(19)13-6-3-7-14(18)17-13/h2-7,10H,8-9H2,1H3,(H,16,19)(H,17,18). The molecule has 0 atom stereocenters. The van der Waals surface area contributed by atoms with E-state index in [9.17, 15) is 9.59 Å². The van der Waals surface area contributed by atoms with E-state index in [1.165, 1.54) is 12.1 Å². The maximum absolute atomic E-state index is 11.7. The lowest BCUT2D eigenvalue weighted by atomic mass is 10.2. The van der Waals surface area contributed by atoms with E-state index in [1.807, 2.05) is 31.2 Å². The predicted octanol–water partition coefficient (Wildman–Crippen LogP) is 1.49. The highest BCUT2D eigenvalue weighted by Gasteiger charge is 2.04. The molecule has 5 nitrogen and oxygen atoms in total. The van der Waals surface area contributed by atoms with Crippen molar-refractivity contribution in [3.8, 4) is 5.75 Å². The van der Waals surface area contributed by atoms with E-state index in [0.29, 0.717) is 13.2 Å². The van der Waals surface area contributed by atoms with Crippen LogP contribution in [0.1, 0.15) is 16.1 Å². The molecule has 20 heavy (non-hydrogen) atoms. The summed E-state index contributed by atoms with van der Waals surface area (Å²) in [6.45, 7) is 2.72. The third kappa shape index (κ3) is 3.98. The van der Waals surface area contributed by atoms with Crippen molar-refractivity contribution < 1.29 is 9.53 Å². The highest BCUT2D eigenvalue weighted by atomic mass is 16.5. The number of benzene rings is 1. The minimum Gasteiger partial charge on any atom is -0.492 e. The molecule has 1 aromatic heterocycles. The smallest absolute Gasteiger partial charge is 0.267 e. The van der Waals surface area contributed by atoms with Gasteiger partial charge in [0, 0.05) is 6.07 Å². The number of ether oxygens (including phenoxy) is 1. The molecular formula is C15H16N2O3. The van der Waals surface area contributed by atoms with Gasteiger partial charge in [0.2, 0.25) is 5.56 Å². The first-order valence-corrected chi connectivity index (χ1v) is 6.32. The zero-order valence-corrected chi connectivity index (χ0v) is 11.2. The molecule has 1 aromatic carbocycles. The summed E-state index contributed by atoms with van der Waals surface area (Å²) in [5, 5.41) is 2.68. The Hall–Kier alpha value is -2.56. The Morgan fingerprint density at radius 2 is 2.05 bits per heavy atom. The highest BCUT2D eigenvalue weighted by Crippen LogP contribution is 2.11. The first-order chi connectivity index (χ1) is 9.65. The Bertz CT molecular complexity index is 649. The average molecular weight is 272 g/mol. The molecule has 0 aliphatic heterocycles. The van der Waals surface area contributed by atoms with Gasteiger partial charge in [-0.25, -0.2) is 0 Å². The van der Waals surface area contributed by atoms with Crippen LogP contribution in [0.25, 0.3) is 0 Å². The van der Waals surface area contributed by atoms with Crippen LogP contribution in [0.4, 0.5) is 0 Å². The monoisotopic (exact) mass is 272 g/mol. The molecule has 0 unspecified atom stereocenters. The van der Waals surface area contributed by atoms with Crippen LogP contribution in [0.2, 0.25) is 0 Å². The molecule has 1 heterocycles. The van der Waals surface area contributed by atoms with Gasteiger partial charge in [-0.05, 0) is 30.7 Å². The number of hydrogen-bond acceptors (Lipinski definition) is 3. The summed E-state index contributed by atoms with van der Waals surface area (Å²) < 4.78 is 5.51. The molecule has 0 aliphatic carbocycles. The van der Waals surface area contributed by atoms with Crippen molar-refractivity contribution in [1.29, 1.82) is 0 Å². The summed E-state index contributed by atoms with van der Waals surface area (Å²) in [6, 6.07) is 12.1. The van der Waals surface area contributed by atoms with Gasteiger partial charge in [-0.1, -0.05) is 18.2 Å². The summed E-state index contributed by atoms with van der Waals surface area (Å²) in [7, 11) is 0. The molecular weight excluding hydrogens is 256 g/mol. The first kappa shape index (κ1) is 13.9. The zero-order valence-electron chi connectivity index (χ0n) is 11.2. The van der Waals surface area contributed by atoms with Crippen molar-refractivity contribution in [2.45, 2.75) is 6.92 Å². The van der Waals surface area contributed by atoms with E-state index in [0.717, 1.165) is 11.3 Å². The minimum absolute atomic E-state index is 0.244. The topological polar surface area (TPSA) is 71.2 Å². The molecule has 2 N–H and O–H groups in total. The quantitative estimate of drug-likeness (QED) is 0.810. The van der Waals surface area contributed by atoms with Gasteiger partial charge in [0.15, 0.2) is 0 Å². The van der Waals surface area contributed by atoms with Gasteiger partial charge in [-0.15, -0.1) is 0 Å². The second-order valence-electron chi connectivity index (χ2n) is 4.35. The van der Waals surface area contributed by atoms with Gasteiger partial charge in [0.05, 0.1) is 6.54 Å². The third-order valence-corrected chi connectivity index (χ3v) is 2.66. The number of pyridine rings is 1. The maximum Gasteiger partial charge on any atom is 0.267 e. The van der Waals surface area contributed by atoms with Crippen molar-refractivity contribution in [3.05, 3.63) is 64.1 Å². The number of amides is 1. The van der Waals surface area contributed by atoms with Crippen LogP contribution in [0.3, 0.4) is 0 Å². The minimum atomic E-state index is -0.324. The molecule has 1 amide bonds. The molecule has 0 aliphatic rings. The van der Waals surface area contributed by atoms with Crippen molar-refractivity contribution in [2.75, 3.05) is 13.2 Å². The number of aromatic amines is 1. The number of carbonyl (C=O) groups excluding carboxylic acids is 1. The van der Waals surface area contributed by atoms with Crippen molar-refractivity contribution >= 4 is 5.91 Å². The van der Waals surface area contributed by atoms with Crippen LogP contribution in [-0.4, -0.2) is 24.0 Å². The van der Waals surface area contributed by atoms with Gasteiger partial charge in [-0.3, -0.25) is 9.59 Å². The van der Waals surface area contributed by atoms with Crippen LogP contribution in [0.15, 0.2) is 47.3 Å². The van der Waals surface area contributed by atoms with Crippen LogP contribution < -0.4 is 15.6 Å². The summed E-state index contributed by atoms with van der Waals surface area (Å²) >= 11 is 0. The van der Waals surface area contributed by atoms with Crippen LogP contribution in [0.5, 0.6) is 5.75 Å². The predicted molar refractivity (Wildman–Crippen MR) is 76.1 cm³/mol. The molecule has 5 heteroatoms. The normalized spacial score (nSPS) is 10.1. The van der Waals surface area contributed by atoms with E-state index >= 15 is 0 Å². The molecule has 0 spiro atoms. The number of hydrogen-bond donors (Lipinski definition) is 2. The van der Waals surface area contributed by atoms with Gasteiger partial charge >= 0.3 is 0 Å². The lowest BCUT2D eigenvalue weighted by molar-refractivity contribution is 0.0941. The summed E-state index contributed by atoms with van der Waals surface area (Å²) in [5.41, 5.74) is 1.06. The van der Waals surface area contributed by atoms with Gasteiger partial charge < -0.3 is 15.0 Å². The lowest BCUT2D eigenvalue weighted by Gasteiger charge is -2.08. The molecule has 0 radical (unpaired) electrons. The van der Waals surface area contributed by atoms with Crippen LogP contribution in [0, 0.1) is 6.92 Å². The second-order valence-corrected chi connectivity index (χ2v) is 4.35. The maximum atomic E-state index is 11.7. The number of aryl methyl sites for hydroxylation is 1. The Morgan fingerprint density at radius 3 is 2.80 bits per heavy atom. The Morgan fingerprint density at radius 1 is 1.25 bits per heavy atom. The fourth-order valence-corrected chi connectivity index (χ4v) is 1.71. The van der Waals surface area contributed by atoms with E-state index in [1.54, 1.807) is 6.07 Å². The van der Waals surface area contributed by atoms with E-state index < -0.39 is 0 Å². The Kier molecular flexibility index (Phi) is 4.55. The number of carbonyl (C=O) groups is 1. The fraction of sp³-hybridized carbons (Fsp3) is 0.200. The summed E-state index contributed by atoms with van der Waals surface area (Å²) in [4.78, 5) is 25.3. The van der Waals surface area contributed by atoms with Crippen molar-refractivity contribution in [3.63, 3.8) is 0 Å². The molecule has 0 fully saturated rings. The molecule has 0 bridgehead atoms. The Labute approximate surface area is 116 Å². The average Bonchev–Trinajstić information content (AvgIpc) is 2.43. The lowest BCUT2D eigenvalue weighted by Crippen LogP contribution is -2.29. The van der Waals surface area contributed by atoms with Gasteiger partial charge in [0.25, 0.3) is 5.91 Å². The third-order valence-electron chi connectivity index (χ3n) is 2.66. The van der Waals surface area contributed by atoms with E-state index in [2.05, 4.69) is 10.3 Å². The van der Waals surface area contributed by atoms with Gasteiger partial charge in [-0.2, -0.15) is 0 Å². The van der Waals surface area contributed by atoms with Gasteiger partial charge in [0.1, 0.15) is 18.1 Å². The number of rotatable bonds is 5. The zero-order chi connectivity index (χ0) is 14.4. The molecule has 2 rings (SSSR count). The van der Waals surface area contributed by atoms with E-state index in [4.69, 9.17) is 4.74 Å². The summed E-state index contributed by atoms with van der Waals surface area (Å²) in [5.74, 6) is 0.447. The largest absolute Gasteiger partial charge is 0.492 e. The second kappa shape index (κ2) is 6.56. The fourth-order valence-electron chi connectivity index (χ4n) is 1.71. The number of H-pyrrole nitrogens is 1. The molecule has 0 saturated heterocycles.